The van der Waals surface area contributed by atoms with Crippen molar-refractivity contribution in [2.75, 3.05) is 7.11 Å². The van der Waals surface area contributed by atoms with E-state index in [1.165, 1.54) is 23.6 Å². The first-order valence-corrected chi connectivity index (χ1v) is 7.33. The van der Waals surface area contributed by atoms with Crippen LogP contribution in [0.1, 0.15) is 27.0 Å². The summed E-state index contributed by atoms with van der Waals surface area (Å²) in [5.41, 5.74) is 4.22. The molecule has 0 aliphatic carbocycles. The Balaban J connectivity index is 2.09. The molecule has 3 rings (SSSR count). The molecule has 0 aliphatic heterocycles. The van der Waals surface area contributed by atoms with Crippen molar-refractivity contribution in [3.05, 3.63) is 82.9 Å². The average Bonchev–Trinajstić information content (AvgIpc) is 2.56. The zero-order valence-corrected chi connectivity index (χ0v) is 12.8. The minimum Gasteiger partial charge on any atom is -0.465 e. The molecule has 110 valence electrons. The Bertz CT molecular complexity index is 817. The van der Waals surface area contributed by atoms with Gasteiger partial charge in [0.05, 0.1) is 12.7 Å². The Hall–Kier alpha value is -2.61. The lowest BCUT2D eigenvalue weighted by Crippen LogP contribution is -2.03. The molecular formula is C20H18O2. The second-order valence-electron chi connectivity index (χ2n) is 5.51. The van der Waals surface area contributed by atoms with Crippen LogP contribution in [0.5, 0.6) is 0 Å². The van der Waals surface area contributed by atoms with Crippen LogP contribution >= 0.6 is 0 Å². The van der Waals surface area contributed by atoms with Crippen LogP contribution < -0.4 is 0 Å². The van der Waals surface area contributed by atoms with E-state index < -0.39 is 0 Å². The molecule has 0 heterocycles. The summed E-state index contributed by atoms with van der Waals surface area (Å²) in [5, 5.41) is 2.24. The summed E-state index contributed by atoms with van der Waals surface area (Å²) in [6, 6.07) is 20.5. The molecular weight excluding hydrogens is 272 g/mol. The molecule has 0 N–H and O–H groups in total. The molecule has 0 spiro atoms. The lowest BCUT2D eigenvalue weighted by Gasteiger charge is -2.10. The summed E-state index contributed by atoms with van der Waals surface area (Å²) in [7, 11) is 1.41. The van der Waals surface area contributed by atoms with Crippen molar-refractivity contribution in [1.82, 2.24) is 0 Å². The lowest BCUT2D eigenvalue weighted by atomic mass is 9.95. The third kappa shape index (κ3) is 2.86. The molecule has 0 fully saturated rings. The van der Waals surface area contributed by atoms with Gasteiger partial charge in [0.1, 0.15) is 0 Å². The minimum absolute atomic E-state index is 0.295. The third-order valence-corrected chi connectivity index (χ3v) is 3.88. The highest BCUT2D eigenvalue weighted by molar-refractivity contribution is 5.97. The van der Waals surface area contributed by atoms with Crippen molar-refractivity contribution in [1.29, 1.82) is 0 Å². The Morgan fingerprint density at radius 2 is 1.73 bits per heavy atom. The van der Waals surface area contributed by atoms with E-state index in [1.807, 2.05) is 30.3 Å². The third-order valence-electron chi connectivity index (χ3n) is 3.88. The number of carbonyl (C=O) groups is 1. The first-order valence-electron chi connectivity index (χ1n) is 7.33. The Kier molecular flexibility index (Phi) is 3.92. The Morgan fingerprint density at radius 1 is 1.00 bits per heavy atom. The van der Waals surface area contributed by atoms with Crippen molar-refractivity contribution in [3.8, 4) is 0 Å². The summed E-state index contributed by atoms with van der Waals surface area (Å²) < 4.78 is 4.87. The maximum atomic E-state index is 11.9. The number of rotatable bonds is 3. The summed E-state index contributed by atoms with van der Waals surface area (Å²) in [6.45, 7) is 2.08. The molecule has 2 nitrogen and oxygen atoms in total. The van der Waals surface area contributed by atoms with Crippen LogP contribution in [0.4, 0.5) is 0 Å². The van der Waals surface area contributed by atoms with Gasteiger partial charge in [-0.3, -0.25) is 0 Å². The number of fused-ring (bicyclic) bond motifs is 1. The van der Waals surface area contributed by atoms with Crippen LogP contribution in [-0.4, -0.2) is 13.1 Å². The summed E-state index contributed by atoms with van der Waals surface area (Å²) in [5.74, 6) is -0.295. The molecule has 0 unspecified atom stereocenters. The van der Waals surface area contributed by atoms with Gasteiger partial charge in [-0.05, 0) is 47.4 Å². The molecule has 0 saturated carbocycles. The second kappa shape index (κ2) is 6.02. The van der Waals surface area contributed by atoms with Crippen LogP contribution in [0.3, 0.4) is 0 Å². The molecule has 0 aromatic heterocycles. The van der Waals surface area contributed by atoms with Gasteiger partial charge in [0, 0.05) is 0 Å². The molecule has 3 aromatic carbocycles. The second-order valence-corrected chi connectivity index (χ2v) is 5.51. The fourth-order valence-corrected chi connectivity index (χ4v) is 2.70. The van der Waals surface area contributed by atoms with Gasteiger partial charge in [-0.15, -0.1) is 0 Å². The van der Waals surface area contributed by atoms with Crippen LogP contribution in [0.2, 0.25) is 0 Å². The zero-order valence-electron chi connectivity index (χ0n) is 12.8. The van der Waals surface area contributed by atoms with Crippen molar-refractivity contribution in [2.45, 2.75) is 13.3 Å². The van der Waals surface area contributed by atoms with Crippen LogP contribution in [0, 0.1) is 6.92 Å². The van der Waals surface area contributed by atoms with E-state index in [9.17, 15) is 4.79 Å². The molecule has 3 aromatic rings. The molecule has 2 heteroatoms. The van der Waals surface area contributed by atoms with E-state index >= 15 is 0 Å². The largest absolute Gasteiger partial charge is 0.465 e. The standard InChI is InChI=1S/C20H18O2/c1-14-7-9-15(10-8-14)11-17-13-18(20(21)22-2)12-16-5-3-4-6-19(16)17/h3-10,12-13H,11H2,1-2H3. The van der Waals surface area contributed by atoms with Crippen molar-refractivity contribution < 1.29 is 9.53 Å². The molecule has 0 bridgehead atoms. The van der Waals surface area contributed by atoms with E-state index in [1.54, 1.807) is 0 Å². The topological polar surface area (TPSA) is 26.3 Å². The first kappa shape index (κ1) is 14.3. The smallest absolute Gasteiger partial charge is 0.337 e. The van der Waals surface area contributed by atoms with E-state index in [2.05, 4.69) is 37.3 Å². The monoisotopic (exact) mass is 290 g/mol. The molecule has 0 saturated heterocycles. The molecule has 0 atom stereocenters. The lowest BCUT2D eigenvalue weighted by molar-refractivity contribution is 0.0601. The van der Waals surface area contributed by atoms with Gasteiger partial charge in [0.15, 0.2) is 0 Å². The maximum Gasteiger partial charge on any atom is 0.337 e. The van der Waals surface area contributed by atoms with Gasteiger partial charge in [-0.2, -0.15) is 0 Å². The summed E-state index contributed by atoms with van der Waals surface area (Å²) >= 11 is 0. The molecule has 0 aliphatic rings. The Labute approximate surface area is 130 Å². The van der Waals surface area contributed by atoms with Gasteiger partial charge in [-0.25, -0.2) is 4.79 Å². The van der Waals surface area contributed by atoms with Gasteiger partial charge >= 0.3 is 5.97 Å². The van der Waals surface area contributed by atoms with E-state index in [0.717, 1.165) is 17.4 Å². The first-order chi connectivity index (χ1) is 10.7. The minimum atomic E-state index is -0.295. The van der Waals surface area contributed by atoms with Gasteiger partial charge < -0.3 is 4.74 Å². The quantitative estimate of drug-likeness (QED) is 0.663. The van der Waals surface area contributed by atoms with Gasteiger partial charge in [-0.1, -0.05) is 54.1 Å². The van der Waals surface area contributed by atoms with E-state index in [4.69, 9.17) is 4.74 Å². The molecule has 22 heavy (non-hydrogen) atoms. The number of ether oxygens (including phenoxy) is 1. The predicted molar refractivity (Wildman–Crippen MR) is 89.3 cm³/mol. The highest BCUT2D eigenvalue weighted by Gasteiger charge is 2.10. The van der Waals surface area contributed by atoms with Crippen molar-refractivity contribution >= 4 is 16.7 Å². The van der Waals surface area contributed by atoms with Crippen LogP contribution in [0.15, 0.2) is 60.7 Å². The van der Waals surface area contributed by atoms with Gasteiger partial charge in [0.2, 0.25) is 0 Å². The maximum absolute atomic E-state index is 11.9. The normalized spacial score (nSPS) is 10.6. The van der Waals surface area contributed by atoms with Crippen molar-refractivity contribution in [3.63, 3.8) is 0 Å². The number of benzene rings is 3. The summed E-state index contributed by atoms with van der Waals surface area (Å²) in [4.78, 5) is 11.9. The highest BCUT2D eigenvalue weighted by atomic mass is 16.5. The number of hydrogen-bond donors (Lipinski definition) is 0. The number of aryl methyl sites for hydroxylation is 1. The molecule has 0 amide bonds. The fraction of sp³-hybridized carbons (Fsp3) is 0.150. The molecule has 0 radical (unpaired) electrons. The number of carbonyl (C=O) groups excluding carboxylic acids is 1. The van der Waals surface area contributed by atoms with E-state index in [0.29, 0.717) is 5.56 Å². The number of esters is 1. The predicted octanol–water partition coefficient (Wildman–Crippen LogP) is 4.53. The van der Waals surface area contributed by atoms with Crippen LogP contribution in [-0.2, 0) is 11.2 Å². The van der Waals surface area contributed by atoms with Crippen LogP contribution in [0.25, 0.3) is 10.8 Å². The highest BCUT2D eigenvalue weighted by Crippen LogP contribution is 2.24. The number of methoxy groups -OCH3 is 1. The average molecular weight is 290 g/mol. The number of hydrogen-bond acceptors (Lipinski definition) is 2. The van der Waals surface area contributed by atoms with Crippen molar-refractivity contribution in [2.24, 2.45) is 0 Å². The SMILES string of the molecule is COC(=O)c1cc(Cc2ccc(C)cc2)c2ccccc2c1. The van der Waals surface area contributed by atoms with E-state index in [-0.39, 0.29) is 5.97 Å². The summed E-state index contributed by atoms with van der Waals surface area (Å²) in [6.07, 6.45) is 0.797. The van der Waals surface area contributed by atoms with Gasteiger partial charge in [0.25, 0.3) is 0 Å². The zero-order chi connectivity index (χ0) is 15.5. The Morgan fingerprint density at radius 3 is 2.45 bits per heavy atom. The fourth-order valence-electron chi connectivity index (χ4n) is 2.70.